The molecule has 2 aromatic rings. The van der Waals surface area contributed by atoms with Gasteiger partial charge in [-0.2, -0.15) is 5.01 Å². The monoisotopic (exact) mass is 468 g/mol. The van der Waals surface area contributed by atoms with Gasteiger partial charge in [0.25, 0.3) is 5.91 Å². The number of hydrogen-bond acceptors (Lipinski definition) is 7. The number of benzene rings is 2. The van der Waals surface area contributed by atoms with Crippen molar-refractivity contribution in [3.63, 3.8) is 0 Å². The lowest BCUT2D eigenvalue weighted by atomic mass is 10.0. The van der Waals surface area contributed by atoms with Crippen LogP contribution in [0.2, 0.25) is 0 Å². The van der Waals surface area contributed by atoms with E-state index in [0.29, 0.717) is 17.1 Å². The second-order valence-electron chi connectivity index (χ2n) is 7.71. The van der Waals surface area contributed by atoms with Gasteiger partial charge in [-0.15, -0.1) is 5.10 Å². The Kier molecular flexibility index (Phi) is 5.79. The fourth-order valence-electron chi connectivity index (χ4n) is 4.16. The molecular weight excluding hydrogens is 444 g/mol. The van der Waals surface area contributed by atoms with Gasteiger partial charge in [0.05, 0.1) is 26.5 Å². The number of nitrogens with zero attached hydrogens (tertiary/aromatic N) is 3. The van der Waals surface area contributed by atoms with Crippen LogP contribution in [-0.4, -0.2) is 42.1 Å². The number of carbonyl (C=O) groups excluding carboxylic acids is 3. The number of para-hydroxylation sites is 1. The first-order chi connectivity index (χ1) is 15.7. The van der Waals surface area contributed by atoms with Crippen LogP contribution in [0.25, 0.3) is 0 Å². The summed E-state index contributed by atoms with van der Waals surface area (Å²) < 4.78 is 10.7. The molecule has 2 aliphatic heterocycles. The first-order valence-corrected chi connectivity index (χ1v) is 11.0. The van der Waals surface area contributed by atoms with Crippen LogP contribution in [0.3, 0.4) is 0 Å². The molecule has 33 heavy (non-hydrogen) atoms. The topological polar surface area (TPSA) is 101 Å². The number of aryl methyl sites for hydroxylation is 1. The summed E-state index contributed by atoms with van der Waals surface area (Å²) >= 11 is 1.06. The molecule has 0 aromatic heterocycles. The van der Waals surface area contributed by atoms with E-state index in [1.165, 1.54) is 13.8 Å². The fraction of sp³-hybridized carbons (Fsp3) is 0.304. The number of nitrogens with one attached hydrogen (secondary N) is 1. The van der Waals surface area contributed by atoms with E-state index in [1.807, 2.05) is 37.3 Å². The number of carbonyl (C=O) groups is 3. The summed E-state index contributed by atoms with van der Waals surface area (Å²) in [5, 5.41) is 8.26. The summed E-state index contributed by atoms with van der Waals surface area (Å²) in [5.74, 6) is 0.0872. The molecule has 1 N–H and O–H groups in total. The van der Waals surface area contributed by atoms with E-state index in [9.17, 15) is 14.4 Å². The third-order valence-electron chi connectivity index (χ3n) is 5.51. The van der Waals surface area contributed by atoms with Gasteiger partial charge in [0, 0.05) is 19.4 Å². The average Bonchev–Trinajstić information content (AvgIpc) is 3.26. The third kappa shape index (κ3) is 3.60. The normalized spacial score (nSPS) is 18.9. The Morgan fingerprint density at radius 3 is 2.48 bits per heavy atom. The highest BCUT2D eigenvalue weighted by molar-refractivity contribution is 8.15. The maximum absolute atomic E-state index is 14.0. The molecule has 0 aliphatic carbocycles. The van der Waals surface area contributed by atoms with E-state index in [4.69, 9.17) is 9.47 Å². The van der Waals surface area contributed by atoms with Gasteiger partial charge in [0.1, 0.15) is 0 Å². The van der Waals surface area contributed by atoms with Crippen molar-refractivity contribution in [2.45, 2.75) is 32.2 Å². The van der Waals surface area contributed by atoms with Crippen LogP contribution in [0.15, 0.2) is 41.5 Å². The lowest BCUT2D eigenvalue weighted by Crippen LogP contribution is -2.48. The number of thioether (sulfide) groups is 1. The number of ether oxygens (including phenoxy) is 2. The zero-order valence-electron chi connectivity index (χ0n) is 19.0. The van der Waals surface area contributed by atoms with Crippen molar-refractivity contribution in [1.29, 1.82) is 0 Å². The van der Waals surface area contributed by atoms with Crippen molar-refractivity contribution >= 4 is 40.3 Å². The number of amides is 3. The first-order valence-electron chi connectivity index (χ1n) is 10.2. The van der Waals surface area contributed by atoms with Crippen molar-refractivity contribution in [3.8, 4) is 11.5 Å². The number of rotatable bonds is 4. The Hall–Kier alpha value is -3.53. The lowest BCUT2D eigenvalue weighted by molar-refractivity contribution is -0.139. The maximum atomic E-state index is 14.0. The Balaban J connectivity index is 1.81. The molecule has 0 unspecified atom stereocenters. The molecule has 172 valence electrons. The number of fused-ring (bicyclic) bond motifs is 2. The minimum absolute atomic E-state index is 0.200. The van der Waals surface area contributed by atoms with Crippen LogP contribution in [0.4, 0.5) is 5.69 Å². The minimum Gasteiger partial charge on any atom is -0.493 e. The molecule has 0 radical (unpaired) electrons. The zero-order valence-corrected chi connectivity index (χ0v) is 19.8. The van der Waals surface area contributed by atoms with E-state index in [-0.39, 0.29) is 23.5 Å². The summed E-state index contributed by atoms with van der Waals surface area (Å²) in [6.45, 7) is 4.87. The van der Waals surface area contributed by atoms with Gasteiger partial charge in [-0.1, -0.05) is 24.3 Å². The van der Waals surface area contributed by atoms with Crippen molar-refractivity contribution in [2.24, 2.45) is 5.10 Å². The van der Waals surface area contributed by atoms with Crippen LogP contribution in [0.1, 0.15) is 30.5 Å². The van der Waals surface area contributed by atoms with Crippen LogP contribution >= 0.6 is 11.8 Å². The highest BCUT2D eigenvalue weighted by Gasteiger charge is 2.61. The summed E-state index contributed by atoms with van der Waals surface area (Å²) in [5.41, 5.74) is 3.08. The quantitative estimate of drug-likeness (QED) is 0.741. The van der Waals surface area contributed by atoms with Gasteiger partial charge in [0.15, 0.2) is 16.7 Å². The number of amidine groups is 1. The maximum Gasteiger partial charge on any atom is 0.271 e. The molecule has 2 aromatic carbocycles. The molecule has 9 nitrogen and oxygen atoms in total. The molecule has 0 saturated carbocycles. The number of hydrazone groups is 1. The Labute approximate surface area is 195 Å². The molecule has 2 heterocycles. The van der Waals surface area contributed by atoms with E-state index in [2.05, 4.69) is 10.4 Å². The molecule has 10 heteroatoms. The average molecular weight is 469 g/mol. The molecule has 0 saturated heterocycles. The van der Waals surface area contributed by atoms with E-state index < -0.39 is 10.8 Å². The largest absolute Gasteiger partial charge is 0.493 e. The molecule has 2 aliphatic rings. The molecule has 0 bridgehead atoms. The summed E-state index contributed by atoms with van der Waals surface area (Å²) in [6, 6.07) is 11.1. The summed E-state index contributed by atoms with van der Waals surface area (Å²) in [6.07, 6.45) is 0. The minimum atomic E-state index is -1.43. The number of anilines is 1. The van der Waals surface area contributed by atoms with Crippen LogP contribution < -0.4 is 19.7 Å². The van der Waals surface area contributed by atoms with E-state index in [0.717, 1.165) is 33.6 Å². The smallest absolute Gasteiger partial charge is 0.271 e. The molecular formula is C23H24N4O5S. The van der Waals surface area contributed by atoms with Crippen molar-refractivity contribution in [3.05, 3.63) is 53.1 Å². The number of hydrogen-bond donors (Lipinski definition) is 1. The fourth-order valence-corrected chi connectivity index (χ4v) is 5.49. The zero-order chi connectivity index (χ0) is 23.9. The molecule has 0 fully saturated rings. The standard InChI is InChI=1S/C23H24N4O5S/c1-13-7-6-8-17-20(13)26(12-16-9-10-18(31-4)19(11-16)32-5)21(30)23(17)27(15(3)29)25-22(33-23)24-14(2)28/h6-11H,12H2,1-5H3,(H,24,25,28)/t23-/m0/s1. The second kappa shape index (κ2) is 8.43. The van der Waals surface area contributed by atoms with Crippen LogP contribution in [0.5, 0.6) is 11.5 Å². The van der Waals surface area contributed by atoms with Crippen LogP contribution in [-0.2, 0) is 25.8 Å². The highest BCUT2D eigenvalue weighted by atomic mass is 32.2. The van der Waals surface area contributed by atoms with Gasteiger partial charge in [-0.25, -0.2) is 0 Å². The Morgan fingerprint density at radius 2 is 1.85 bits per heavy atom. The van der Waals surface area contributed by atoms with Crippen LogP contribution in [0, 0.1) is 6.92 Å². The molecule has 4 rings (SSSR count). The number of methoxy groups -OCH3 is 2. The third-order valence-corrected chi connectivity index (χ3v) is 6.75. The van der Waals surface area contributed by atoms with Crippen molar-refractivity contribution < 1.29 is 23.9 Å². The predicted molar refractivity (Wildman–Crippen MR) is 125 cm³/mol. The van der Waals surface area contributed by atoms with Gasteiger partial charge < -0.3 is 19.7 Å². The van der Waals surface area contributed by atoms with Gasteiger partial charge in [-0.05, 0) is 41.9 Å². The van der Waals surface area contributed by atoms with E-state index >= 15 is 0 Å². The first kappa shape index (κ1) is 22.7. The summed E-state index contributed by atoms with van der Waals surface area (Å²) in [7, 11) is 3.11. The van der Waals surface area contributed by atoms with Gasteiger partial charge in [-0.3, -0.25) is 14.4 Å². The molecule has 1 spiro atoms. The Morgan fingerprint density at radius 1 is 1.12 bits per heavy atom. The van der Waals surface area contributed by atoms with Crippen molar-refractivity contribution in [1.82, 2.24) is 10.3 Å². The molecule has 3 amide bonds. The van der Waals surface area contributed by atoms with Gasteiger partial charge >= 0.3 is 0 Å². The Bertz CT molecular complexity index is 1200. The highest BCUT2D eigenvalue weighted by Crippen LogP contribution is 2.55. The van der Waals surface area contributed by atoms with Crippen molar-refractivity contribution in [2.75, 3.05) is 19.1 Å². The SMILES string of the molecule is COc1ccc(CN2C(=O)[C@@]3(SC(NC(C)=O)=NN3C(C)=O)c3cccc(C)c32)cc1OC. The molecule has 1 atom stereocenters. The van der Waals surface area contributed by atoms with Gasteiger partial charge in [0.2, 0.25) is 16.7 Å². The lowest BCUT2D eigenvalue weighted by Gasteiger charge is -2.29. The summed E-state index contributed by atoms with van der Waals surface area (Å²) in [4.78, 5) is 38.5. The van der Waals surface area contributed by atoms with E-state index in [1.54, 1.807) is 25.2 Å². The second-order valence-corrected chi connectivity index (χ2v) is 8.90. The predicted octanol–water partition coefficient (Wildman–Crippen LogP) is 2.71.